The number of nitrogens with one attached hydrogen (secondary N) is 2. The predicted octanol–water partition coefficient (Wildman–Crippen LogP) is 0.460. The van der Waals surface area contributed by atoms with Gasteiger partial charge in [0, 0.05) is 25.3 Å². The Kier molecular flexibility index (Phi) is 4.36. The SMILES string of the molecule is NC(=O)c1cc2c(nc1NCC1CNCCO1)CCCC2. The standard InChI is InChI=1S/C15H22N4O2/c16-14(20)12-7-10-3-1-2-4-13(10)19-15(12)18-9-11-8-17-5-6-21-11/h7,11,17H,1-6,8-9H2,(H2,16,20)(H,18,19). The molecule has 1 atom stereocenters. The van der Waals surface area contributed by atoms with Crippen LogP contribution in [0.2, 0.25) is 0 Å². The normalized spacial score (nSPS) is 21.6. The van der Waals surface area contributed by atoms with E-state index in [2.05, 4.69) is 15.6 Å². The number of primary amides is 1. The first-order valence-electron chi connectivity index (χ1n) is 7.63. The van der Waals surface area contributed by atoms with E-state index in [1.807, 2.05) is 6.07 Å². The molecule has 21 heavy (non-hydrogen) atoms. The van der Waals surface area contributed by atoms with E-state index in [0.29, 0.717) is 24.5 Å². The number of anilines is 1. The maximum Gasteiger partial charge on any atom is 0.252 e. The largest absolute Gasteiger partial charge is 0.374 e. The molecule has 2 aliphatic rings. The lowest BCUT2D eigenvalue weighted by molar-refractivity contribution is 0.0371. The quantitative estimate of drug-likeness (QED) is 0.749. The monoisotopic (exact) mass is 290 g/mol. The molecule has 3 rings (SSSR count). The lowest BCUT2D eigenvalue weighted by Crippen LogP contribution is -2.42. The van der Waals surface area contributed by atoms with Crippen molar-refractivity contribution in [1.82, 2.24) is 10.3 Å². The summed E-state index contributed by atoms with van der Waals surface area (Å²) in [6, 6.07) is 1.91. The fraction of sp³-hybridized carbons (Fsp3) is 0.600. The highest BCUT2D eigenvalue weighted by Gasteiger charge is 2.19. The molecule has 0 bridgehead atoms. The summed E-state index contributed by atoms with van der Waals surface area (Å²) >= 11 is 0. The third-order valence-corrected chi connectivity index (χ3v) is 4.07. The molecule has 0 saturated carbocycles. The number of aromatic nitrogens is 1. The summed E-state index contributed by atoms with van der Waals surface area (Å²) in [4.78, 5) is 16.3. The van der Waals surface area contributed by atoms with E-state index in [9.17, 15) is 4.79 Å². The predicted molar refractivity (Wildman–Crippen MR) is 80.5 cm³/mol. The van der Waals surface area contributed by atoms with Crippen molar-refractivity contribution in [3.63, 3.8) is 0 Å². The maximum absolute atomic E-state index is 11.7. The Bertz CT molecular complexity index is 527. The molecule has 1 aromatic rings. The summed E-state index contributed by atoms with van der Waals surface area (Å²) < 4.78 is 5.64. The van der Waals surface area contributed by atoms with Gasteiger partial charge in [-0.05, 0) is 37.3 Å². The van der Waals surface area contributed by atoms with E-state index in [1.165, 1.54) is 0 Å². The van der Waals surface area contributed by atoms with Crippen LogP contribution in [0.25, 0.3) is 0 Å². The molecule has 1 fully saturated rings. The van der Waals surface area contributed by atoms with Crippen molar-refractivity contribution in [3.8, 4) is 0 Å². The van der Waals surface area contributed by atoms with E-state index in [4.69, 9.17) is 10.5 Å². The number of nitrogens with two attached hydrogens (primary N) is 1. The number of amides is 1. The Hall–Kier alpha value is -1.66. The van der Waals surface area contributed by atoms with E-state index < -0.39 is 5.91 Å². The zero-order valence-corrected chi connectivity index (χ0v) is 12.2. The van der Waals surface area contributed by atoms with Crippen LogP contribution in [0.1, 0.15) is 34.5 Å². The summed E-state index contributed by atoms with van der Waals surface area (Å²) in [6.45, 7) is 3.04. The summed E-state index contributed by atoms with van der Waals surface area (Å²) in [5.41, 5.74) is 8.24. The highest BCUT2D eigenvalue weighted by atomic mass is 16.5. The van der Waals surface area contributed by atoms with Crippen LogP contribution >= 0.6 is 0 Å². The highest BCUT2D eigenvalue weighted by molar-refractivity contribution is 5.97. The molecule has 0 spiro atoms. The molecule has 1 aliphatic heterocycles. The Labute approximate surface area is 124 Å². The molecule has 4 N–H and O–H groups in total. The van der Waals surface area contributed by atoms with Crippen molar-refractivity contribution in [3.05, 3.63) is 22.9 Å². The van der Waals surface area contributed by atoms with E-state index >= 15 is 0 Å². The molecule has 1 saturated heterocycles. The van der Waals surface area contributed by atoms with Gasteiger partial charge in [0.25, 0.3) is 5.91 Å². The van der Waals surface area contributed by atoms with Crippen molar-refractivity contribution in [2.75, 3.05) is 31.6 Å². The number of morpholine rings is 1. The summed E-state index contributed by atoms with van der Waals surface area (Å²) in [7, 11) is 0. The van der Waals surface area contributed by atoms with Gasteiger partial charge in [0.2, 0.25) is 0 Å². The number of hydrogen-bond donors (Lipinski definition) is 3. The van der Waals surface area contributed by atoms with Crippen LogP contribution in [0.15, 0.2) is 6.07 Å². The van der Waals surface area contributed by atoms with Crippen LogP contribution in [0, 0.1) is 0 Å². The second kappa shape index (κ2) is 6.41. The van der Waals surface area contributed by atoms with E-state index in [0.717, 1.165) is 50.0 Å². The van der Waals surface area contributed by atoms with Gasteiger partial charge in [-0.15, -0.1) is 0 Å². The van der Waals surface area contributed by atoms with Gasteiger partial charge in [0.05, 0.1) is 18.3 Å². The average molecular weight is 290 g/mol. The first-order valence-corrected chi connectivity index (χ1v) is 7.63. The van der Waals surface area contributed by atoms with Crippen molar-refractivity contribution in [2.24, 2.45) is 5.73 Å². The summed E-state index contributed by atoms with van der Waals surface area (Å²) in [5.74, 6) is 0.165. The number of pyridine rings is 1. The molecule has 0 radical (unpaired) electrons. The topological polar surface area (TPSA) is 89.3 Å². The molecule has 1 amide bonds. The smallest absolute Gasteiger partial charge is 0.252 e. The fourth-order valence-electron chi connectivity index (χ4n) is 2.92. The van der Waals surface area contributed by atoms with Crippen LogP contribution < -0.4 is 16.4 Å². The Balaban J connectivity index is 1.77. The van der Waals surface area contributed by atoms with E-state index in [1.54, 1.807) is 0 Å². The lowest BCUT2D eigenvalue weighted by Gasteiger charge is -2.25. The van der Waals surface area contributed by atoms with Gasteiger partial charge < -0.3 is 21.1 Å². The minimum absolute atomic E-state index is 0.0947. The number of carbonyl (C=O) groups excluding carboxylic acids is 1. The van der Waals surface area contributed by atoms with Gasteiger partial charge in [-0.3, -0.25) is 4.79 Å². The molecule has 114 valence electrons. The fourth-order valence-corrected chi connectivity index (χ4v) is 2.92. The lowest BCUT2D eigenvalue weighted by atomic mass is 9.94. The molecule has 1 aromatic heterocycles. The maximum atomic E-state index is 11.7. The number of rotatable bonds is 4. The number of nitrogens with zero attached hydrogens (tertiary/aromatic N) is 1. The molecular formula is C15H22N4O2. The zero-order chi connectivity index (χ0) is 14.7. The third-order valence-electron chi connectivity index (χ3n) is 4.07. The first-order chi connectivity index (χ1) is 10.2. The number of aryl methyl sites for hydroxylation is 2. The molecule has 1 unspecified atom stereocenters. The average Bonchev–Trinajstić information content (AvgIpc) is 2.53. The first kappa shape index (κ1) is 14.3. The minimum atomic E-state index is -0.430. The van der Waals surface area contributed by atoms with Gasteiger partial charge in [0.1, 0.15) is 5.82 Å². The second-order valence-corrected chi connectivity index (χ2v) is 5.64. The number of fused-ring (bicyclic) bond motifs is 1. The molecular weight excluding hydrogens is 268 g/mol. The van der Waals surface area contributed by atoms with Crippen LogP contribution in [0.4, 0.5) is 5.82 Å². The molecule has 6 heteroatoms. The second-order valence-electron chi connectivity index (χ2n) is 5.64. The molecule has 1 aliphatic carbocycles. The third kappa shape index (κ3) is 3.33. The van der Waals surface area contributed by atoms with Crippen molar-refractivity contribution in [2.45, 2.75) is 31.8 Å². The molecule has 6 nitrogen and oxygen atoms in total. The van der Waals surface area contributed by atoms with Crippen molar-refractivity contribution >= 4 is 11.7 Å². The van der Waals surface area contributed by atoms with Gasteiger partial charge in [-0.1, -0.05) is 0 Å². The van der Waals surface area contributed by atoms with Crippen molar-refractivity contribution in [1.29, 1.82) is 0 Å². The Morgan fingerprint density at radius 3 is 3.10 bits per heavy atom. The minimum Gasteiger partial charge on any atom is -0.374 e. The number of ether oxygens (including phenoxy) is 1. The molecule has 0 aromatic carbocycles. The molecule has 2 heterocycles. The van der Waals surface area contributed by atoms with Crippen LogP contribution in [-0.2, 0) is 17.6 Å². The van der Waals surface area contributed by atoms with Crippen molar-refractivity contribution < 1.29 is 9.53 Å². The number of carbonyl (C=O) groups is 1. The summed E-state index contributed by atoms with van der Waals surface area (Å²) in [5, 5.41) is 6.52. The Morgan fingerprint density at radius 1 is 1.48 bits per heavy atom. The van der Waals surface area contributed by atoms with Crippen LogP contribution in [0.5, 0.6) is 0 Å². The number of hydrogen-bond acceptors (Lipinski definition) is 5. The zero-order valence-electron chi connectivity index (χ0n) is 12.2. The Morgan fingerprint density at radius 2 is 2.33 bits per heavy atom. The van der Waals surface area contributed by atoms with Gasteiger partial charge in [-0.25, -0.2) is 4.98 Å². The van der Waals surface area contributed by atoms with E-state index in [-0.39, 0.29) is 6.10 Å². The van der Waals surface area contributed by atoms with Gasteiger partial charge in [-0.2, -0.15) is 0 Å². The summed E-state index contributed by atoms with van der Waals surface area (Å²) in [6.07, 6.45) is 4.37. The van der Waals surface area contributed by atoms with Crippen LogP contribution in [0.3, 0.4) is 0 Å². The van der Waals surface area contributed by atoms with Gasteiger partial charge in [0.15, 0.2) is 0 Å². The van der Waals surface area contributed by atoms with Gasteiger partial charge >= 0.3 is 0 Å². The van der Waals surface area contributed by atoms with Crippen LogP contribution in [-0.4, -0.2) is 43.2 Å². The highest BCUT2D eigenvalue weighted by Crippen LogP contribution is 2.24.